The van der Waals surface area contributed by atoms with Crippen LogP contribution in [-0.4, -0.2) is 12.9 Å². The molecule has 0 heterocycles. The van der Waals surface area contributed by atoms with Gasteiger partial charge in [0, 0.05) is 11.5 Å². The first-order chi connectivity index (χ1) is 8.29. The van der Waals surface area contributed by atoms with Gasteiger partial charge in [-0.2, -0.15) is 0 Å². The summed E-state index contributed by atoms with van der Waals surface area (Å²) in [4.78, 5) is 12.2. The number of rotatable bonds is 2. The average molecular weight is 228 g/mol. The summed E-state index contributed by atoms with van der Waals surface area (Å²) in [7, 11) is 1.65. The Bertz CT molecular complexity index is 470. The van der Waals surface area contributed by atoms with E-state index in [1.165, 1.54) is 12.8 Å². The third-order valence-electron chi connectivity index (χ3n) is 3.95. The zero-order chi connectivity index (χ0) is 11.8. The first kappa shape index (κ1) is 10.6. The summed E-state index contributed by atoms with van der Waals surface area (Å²) in [5.74, 6) is 1.95. The predicted octanol–water partition coefficient (Wildman–Crippen LogP) is 3.08. The molecular weight excluding hydrogens is 212 g/mol. The first-order valence-corrected chi connectivity index (χ1v) is 6.20. The Morgan fingerprint density at radius 1 is 1.18 bits per heavy atom. The molecule has 2 nitrogen and oxygen atoms in total. The maximum absolute atomic E-state index is 12.2. The molecule has 0 bridgehead atoms. The van der Waals surface area contributed by atoms with Gasteiger partial charge in [0.1, 0.15) is 5.75 Å². The summed E-state index contributed by atoms with van der Waals surface area (Å²) in [6, 6.07) is 7.78. The number of benzene rings is 1. The number of hydrogen-bond donors (Lipinski definition) is 0. The molecular formula is C15H16O2. The highest BCUT2D eigenvalue weighted by molar-refractivity contribution is 6.24. The molecule has 2 unspecified atom stereocenters. The van der Waals surface area contributed by atoms with E-state index in [1.54, 1.807) is 7.11 Å². The third kappa shape index (κ3) is 1.68. The van der Waals surface area contributed by atoms with E-state index in [0.29, 0.717) is 11.7 Å². The monoisotopic (exact) mass is 228 g/mol. The molecule has 2 atom stereocenters. The van der Waals surface area contributed by atoms with Gasteiger partial charge in [-0.1, -0.05) is 24.6 Å². The van der Waals surface area contributed by atoms with Gasteiger partial charge in [0.25, 0.3) is 0 Å². The van der Waals surface area contributed by atoms with Crippen molar-refractivity contribution in [1.29, 1.82) is 0 Å². The van der Waals surface area contributed by atoms with Crippen LogP contribution in [0.15, 0.2) is 30.3 Å². The minimum atomic E-state index is 0.270. The van der Waals surface area contributed by atoms with Crippen molar-refractivity contribution in [3.05, 3.63) is 35.9 Å². The molecule has 2 aliphatic carbocycles. The average Bonchev–Trinajstić information content (AvgIpc) is 2.93. The number of hydrogen-bond acceptors (Lipinski definition) is 2. The summed E-state index contributed by atoms with van der Waals surface area (Å²) in [6.07, 6.45) is 5.63. The number of Topliss-reactive ketones (excluding diaryl/α,β-unsaturated/α-hetero) is 1. The summed E-state index contributed by atoms with van der Waals surface area (Å²) < 4.78 is 5.13. The maximum atomic E-state index is 12.2. The summed E-state index contributed by atoms with van der Waals surface area (Å²) in [5, 5.41) is 0. The molecule has 3 rings (SSSR count). The zero-order valence-electron chi connectivity index (χ0n) is 9.98. The lowest BCUT2D eigenvalue weighted by molar-refractivity contribution is -0.117. The highest BCUT2D eigenvalue weighted by Crippen LogP contribution is 2.43. The number of carbonyl (C=O) groups excluding carboxylic acids is 1. The molecule has 88 valence electrons. The van der Waals surface area contributed by atoms with Gasteiger partial charge in [0.15, 0.2) is 5.78 Å². The Balaban J connectivity index is 1.91. The number of carbonyl (C=O) groups is 1. The van der Waals surface area contributed by atoms with Crippen LogP contribution in [0.5, 0.6) is 5.75 Å². The molecule has 1 aromatic rings. The molecule has 2 heteroatoms. The first-order valence-electron chi connectivity index (χ1n) is 6.20. The molecule has 0 spiro atoms. The Hall–Kier alpha value is -1.57. The molecule has 0 amide bonds. The lowest BCUT2D eigenvalue weighted by Crippen LogP contribution is -2.10. The van der Waals surface area contributed by atoms with Crippen LogP contribution in [-0.2, 0) is 4.79 Å². The van der Waals surface area contributed by atoms with Crippen LogP contribution in [0.25, 0.3) is 5.57 Å². The van der Waals surface area contributed by atoms with Gasteiger partial charge < -0.3 is 4.74 Å². The van der Waals surface area contributed by atoms with E-state index in [9.17, 15) is 4.79 Å². The minimum absolute atomic E-state index is 0.270. The molecule has 0 aromatic heterocycles. The quantitative estimate of drug-likeness (QED) is 0.777. The molecule has 0 saturated heterocycles. The van der Waals surface area contributed by atoms with Crippen molar-refractivity contribution < 1.29 is 9.53 Å². The maximum Gasteiger partial charge on any atom is 0.166 e. The van der Waals surface area contributed by atoms with E-state index in [-0.39, 0.29) is 5.92 Å². The molecule has 17 heavy (non-hydrogen) atoms. The largest absolute Gasteiger partial charge is 0.497 e. The Morgan fingerprint density at radius 3 is 2.59 bits per heavy atom. The van der Waals surface area contributed by atoms with Gasteiger partial charge in [-0.15, -0.1) is 0 Å². The van der Waals surface area contributed by atoms with Gasteiger partial charge in [-0.3, -0.25) is 4.79 Å². The standard InChI is InChI=1S/C15H16O2/c1-17-12-7-5-10(6-8-12)14-9-11-3-2-4-13(11)15(14)16/h5-9,11,13H,2-4H2,1H3. The van der Waals surface area contributed by atoms with Gasteiger partial charge in [0.2, 0.25) is 0 Å². The van der Waals surface area contributed by atoms with E-state index < -0.39 is 0 Å². The van der Waals surface area contributed by atoms with E-state index >= 15 is 0 Å². The molecule has 2 aliphatic rings. The van der Waals surface area contributed by atoms with Crippen molar-refractivity contribution in [2.45, 2.75) is 19.3 Å². The summed E-state index contributed by atoms with van der Waals surface area (Å²) in [5.41, 5.74) is 1.95. The Kier molecular flexibility index (Phi) is 2.50. The fourth-order valence-corrected chi connectivity index (χ4v) is 3.02. The summed E-state index contributed by atoms with van der Waals surface area (Å²) >= 11 is 0. The predicted molar refractivity (Wildman–Crippen MR) is 66.8 cm³/mol. The van der Waals surface area contributed by atoms with Crippen LogP contribution >= 0.6 is 0 Å². The normalized spacial score (nSPS) is 26.9. The second kappa shape index (κ2) is 4.02. The number of fused-ring (bicyclic) bond motifs is 1. The lowest BCUT2D eigenvalue weighted by atomic mass is 9.96. The molecule has 0 radical (unpaired) electrons. The van der Waals surface area contributed by atoms with Crippen molar-refractivity contribution in [2.24, 2.45) is 11.8 Å². The van der Waals surface area contributed by atoms with Crippen molar-refractivity contribution in [3.63, 3.8) is 0 Å². The second-order valence-corrected chi connectivity index (χ2v) is 4.87. The summed E-state index contributed by atoms with van der Waals surface area (Å²) in [6.45, 7) is 0. The molecule has 1 saturated carbocycles. The van der Waals surface area contributed by atoms with Crippen LogP contribution in [0.1, 0.15) is 24.8 Å². The minimum Gasteiger partial charge on any atom is -0.497 e. The van der Waals surface area contributed by atoms with Gasteiger partial charge in [-0.05, 0) is 36.5 Å². The molecule has 1 fully saturated rings. The van der Waals surface area contributed by atoms with Gasteiger partial charge in [-0.25, -0.2) is 0 Å². The van der Waals surface area contributed by atoms with Crippen LogP contribution in [0, 0.1) is 11.8 Å². The van der Waals surface area contributed by atoms with E-state index in [1.807, 2.05) is 24.3 Å². The smallest absolute Gasteiger partial charge is 0.166 e. The van der Waals surface area contributed by atoms with E-state index in [2.05, 4.69) is 6.08 Å². The van der Waals surface area contributed by atoms with Crippen LogP contribution in [0.4, 0.5) is 0 Å². The highest BCUT2D eigenvalue weighted by atomic mass is 16.5. The zero-order valence-corrected chi connectivity index (χ0v) is 9.98. The van der Waals surface area contributed by atoms with Crippen LogP contribution in [0.2, 0.25) is 0 Å². The van der Waals surface area contributed by atoms with Gasteiger partial charge >= 0.3 is 0 Å². The fraction of sp³-hybridized carbons (Fsp3) is 0.400. The fourth-order valence-electron chi connectivity index (χ4n) is 3.02. The SMILES string of the molecule is COc1ccc(C2=CC3CCCC3C2=O)cc1. The number of ketones is 1. The number of methoxy groups -OCH3 is 1. The van der Waals surface area contributed by atoms with Crippen molar-refractivity contribution >= 4 is 11.4 Å². The Labute approximate surface area is 101 Å². The lowest BCUT2D eigenvalue weighted by Gasteiger charge is -2.07. The molecule has 0 N–H and O–H groups in total. The highest BCUT2D eigenvalue weighted by Gasteiger charge is 2.38. The topological polar surface area (TPSA) is 26.3 Å². The van der Waals surface area contributed by atoms with Crippen molar-refractivity contribution in [3.8, 4) is 5.75 Å². The molecule has 0 aliphatic heterocycles. The number of allylic oxidation sites excluding steroid dienone is 2. The van der Waals surface area contributed by atoms with Crippen LogP contribution < -0.4 is 4.74 Å². The van der Waals surface area contributed by atoms with E-state index in [4.69, 9.17) is 4.74 Å². The van der Waals surface area contributed by atoms with Crippen LogP contribution in [0.3, 0.4) is 0 Å². The van der Waals surface area contributed by atoms with E-state index in [0.717, 1.165) is 23.3 Å². The van der Waals surface area contributed by atoms with Crippen molar-refractivity contribution in [1.82, 2.24) is 0 Å². The third-order valence-corrected chi connectivity index (χ3v) is 3.95. The van der Waals surface area contributed by atoms with Gasteiger partial charge in [0.05, 0.1) is 7.11 Å². The second-order valence-electron chi connectivity index (χ2n) is 4.87. The Morgan fingerprint density at radius 2 is 1.94 bits per heavy atom. The molecule has 1 aromatic carbocycles. The number of ether oxygens (including phenoxy) is 1. The van der Waals surface area contributed by atoms with Crippen molar-refractivity contribution in [2.75, 3.05) is 7.11 Å².